The molecule has 0 saturated heterocycles. The summed E-state index contributed by atoms with van der Waals surface area (Å²) in [4.78, 5) is 20.1. The molecule has 3 aromatic rings. The van der Waals surface area contributed by atoms with Gasteiger partial charge in [-0.25, -0.2) is 4.57 Å². The minimum atomic E-state index is -4.39. The lowest BCUT2D eigenvalue weighted by molar-refractivity contribution is -0.675. The SMILES string of the molecule is O=c1c2c([n+]3c(n1Cc1ccc(C(F)(F)F)cc1)N=CC3)CCN(Cc1cccc(Cl)c1)C2. The Morgan fingerprint density at radius 3 is 2.58 bits per heavy atom. The highest BCUT2D eigenvalue weighted by Crippen LogP contribution is 2.29. The van der Waals surface area contributed by atoms with Gasteiger partial charge in [-0.1, -0.05) is 40.9 Å². The van der Waals surface area contributed by atoms with Crippen LogP contribution in [0.5, 0.6) is 0 Å². The van der Waals surface area contributed by atoms with Gasteiger partial charge in [0.25, 0.3) is 0 Å². The van der Waals surface area contributed by atoms with Crippen molar-refractivity contribution in [3.63, 3.8) is 0 Å². The highest BCUT2D eigenvalue weighted by Gasteiger charge is 2.33. The molecule has 3 heterocycles. The predicted molar refractivity (Wildman–Crippen MR) is 119 cm³/mol. The van der Waals surface area contributed by atoms with Crippen LogP contribution in [0.1, 0.15) is 27.9 Å². The Morgan fingerprint density at radius 2 is 1.85 bits per heavy atom. The lowest BCUT2D eigenvalue weighted by atomic mass is 10.0. The number of hydrogen-bond acceptors (Lipinski definition) is 3. The van der Waals surface area contributed by atoms with E-state index < -0.39 is 11.7 Å². The molecular weight excluding hydrogens is 453 g/mol. The van der Waals surface area contributed by atoms with Crippen LogP contribution in [0.3, 0.4) is 0 Å². The summed E-state index contributed by atoms with van der Waals surface area (Å²) in [5.41, 5.74) is 2.53. The maximum Gasteiger partial charge on any atom is 0.416 e. The van der Waals surface area contributed by atoms with Crippen LogP contribution in [0, 0.1) is 0 Å². The van der Waals surface area contributed by atoms with E-state index in [-0.39, 0.29) is 12.1 Å². The van der Waals surface area contributed by atoms with Crippen molar-refractivity contribution in [1.82, 2.24) is 9.47 Å². The van der Waals surface area contributed by atoms with Gasteiger partial charge in [0.05, 0.1) is 16.8 Å². The molecule has 0 unspecified atom stereocenters. The van der Waals surface area contributed by atoms with Gasteiger partial charge in [-0.05, 0) is 35.4 Å². The Morgan fingerprint density at radius 1 is 1.06 bits per heavy atom. The van der Waals surface area contributed by atoms with Crippen LogP contribution in [0.15, 0.2) is 58.3 Å². The minimum Gasteiger partial charge on any atom is -0.294 e. The van der Waals surface area contributed by atoms with Gasteiger partial charge in [-0.3, -0.25) is 9.69 Å². The molecule has 0 radical (unpaired) electrons. The number of halogens is 4. The van der Waals surface area contributed by atoms with E-state index in [2.05, 4.69) is 9.89 Å². The molecule has 0 N–H and O–H groups in total. The first kappa shape index (κ1) is 21.9. The molecule has 2 aromatic carbocycles. The van der Waals surface area contributed by atoms with Gasteiger partial charge < -0.3 is 0 Å². The van der Waals surface area contributed by atoms with Crippen LogP contribution in [-0.2, 0) is 38.8 Å². The number of nitrogens with zero attached hydrogens (tertiary/aromatic N) is 4. The molecule has 1 aromatic heterocycles. The van der Waals surface area contributed by atoms with E-state index in [4.69, 9.17) is 11.6 Å². The summed E-state index contributed by atoms with van der Waals surface area (Å²) >= 11 is 6.11. The molecule has 0 amide bonds. The number of fused-ring (bicyclic) bond motifs is 3. The van der Waals surface area contributed by atoms with E-state index in [1.165, 1.54) is 12.1 Å². The van der Waals surface area contributed by atoms with Gasteiger partial charge in [0.15, 0.2) is 0 Å². The second-order valence-electron chi connectivity index (χ2n) is 8.32. The number of benzene rings is 2. The second-order valence-corrected chi connectivity index (χ2v) is 8.76. The average molecular weight is 474 g/mol. The summed E-state index contributed by atoms with van der Waals surface area (Å²) in [5, 5.41) is 0.675. The molecule has 0 saturated carbocycles. The van der Waals surface area contributed by atoms with Crippen LogP contribution in [0.25, 0.3) is 0 Å². The largest absolute Gasteiger partial charge is 0.416 e. The number of rotatable bonds is 4. The third-order valence-corrected chi connectivity index (χ3v) is 6.33. The normalized spacial score (nSPS) is 15.5. The Hall–Kier alpha value is -2.97. The standard InChI is InChI=1S/C24H21ClF3N4O/c25-19-3-1-2-17(12-19)13-30-10-8-21-20(15-30)22(33)32(23-29-9-11-31(21)23)14-16-4-6-18(7-5-16)24(26,27)28/h1-7,9,12H,8,10-11,13-15H2/q+1. The maximum atomic E-state index is 13.5. The molecule has 0 bridgehead atoms. The van der Waals surface area contributed by atoms with Crippen molar-refractivity contribution in [2.24, 2.45) is 4.99 Å². The number of hydrogen-bond donors (Lipinski definition) is 0. The Bertz CT molecular complexity index is 1300. The van der Waals surface area contributed by atoms with Crippen molar-refractivity contribution in [3.05, 3.63) is 91.9 Å². The lowest BCUT2D eigenvalue weighted by Crippen LogP contribution is -2.49. The van der Waals surface area contributed by atoms with Crippen LogP contribution in [0.4, 0.5) is 19.1 Å². The van der Waals surface area contributed by atoms with E-state index in [0.29, 0.717) is 41.7 Å². The summed E-state index contributed by atoms with van der Waals surface area (Å²) < 4.78 is 42.3. The van der Waals surface area contributed by atoms with Crippen molar-refractivity contribution < 1.29 is 17.7 Å². The third kappa shape index (κ3) is 4.32. The van der Waals surface area contributed by atoms with Crippen molar-refractivity contribution in [1.29, 1.82) is 0 Å². The fraction of sp³-hybridized carbons (Fsp3) is 0.292. The smallest absolute Gasteiger partial charge is 0.294 e. The predicted octanol–water partition coefficient (Wildman–Crippen LogP) is 4.13. The van der Waals surface area contributed by atoms with Gasteiger partial charge in [0, 0.05) is 31.1 Å². The van der Waals surface area contributed by atoms with Crippen LogP contribution >= 0.6 is 11.6 Å². The zero-order chi connectivity index (χ0) is 23.2. The Labute approximate surface area is 193 Å². The second kappa shape index (κ2) is 8.43. The number of alkyl halides is 3. The van der Waals surface area contributed by atoms with E-state index in [0.717, 1.165) is 36.4 Å². The molecule has 33 heavy (non-hydrogen) atoms. The first-order chi connectivity index (χ1) is 15.8. The molecule has 0 spiro atoms. The molecule has 2 aliphatic heterocycles. The zero-order valence-corrected chi connectivity index (χ0v) is 18.4. The highest BCUT2D eigenvalue weighted by atomic mass is 35.5. The van der Waals surface area contributed by atoms with Gasteiger partial charge >= 0.3 is 17.7 Å². The summed E-state index contributed by atoms with van der Waals surface area (Å²) in [5.74, 6) is 0.543. The van der Waals surface area contributed by atoms with Crippen molar-refractivity contribution in [3.8, 4) is 0 Å². The minimum absolute atomic E-state index is 0.147. The monoisotopic (exact) mass is 473 g/mol. The Kier molecular flexibility index (Phi) is 5.58. The van der Waals surface area contributed by atoms with E-state index in [1.807, 2.05) is 28.8 Å². The fourth-order valence-electron chi connectivity index (χ4n) is 4.51. The molecule has 170 valence electrons. The summed E-state index contributed by atoms with van der Waals surface area (Å²) in [6, 6.07) is 12.6. The molecule has 5 nitrogen and oxygen atoms in total. The van der Waals surface area contributed by atoms with Crippen LogP contribution < -0.4 is 10.1 Å². The quantitative estimate of drug-likeness (QED) is 0.535. The van der Waals surface area contributed by atoms with Crippen molar-refractivity contribution in [2.45, 2.75) is 38.8 Å². The molecule has 9 heteroatoms. The van der Waals surface area contributed by atoms with Crippen LogP contribution in [0.2, 0.25) is 5.02 Å². The lowest BCUT2D eigenvalue weighted by Gasteiger charge is -2.28. The van der Waals surface area contributed by atoms with Gasteiger partial charge in [0.1, 0.15) is 19.3 Å². The summed E-state index contributed by atoms with van der Waals surface area (Å²) in [6.07, 6.45) is -1.91. The number of aromatic nitrogens is 2. The van der Waals surface area contributed by atoms with Crippen LogP contribution in [-0.4, -0.2) is 22.2 Å². The first-order valence-electron chi connectivity index (χ1n) is 10.6. The van der Waals surface area contributed by atoms with Gasteiger partial charge in [-0.15, -0.1) is 0 Å². The molecule has 0 atom stereocenters. The van der Waals surface area contributed by atoms with E-state index >= 15 is 0 Å². The maximum absolute atomic E-state index is 13.5. The summed E-state index contributed by atoms with van der Waals surface area (Å²) in [6.45, 7) is 2.72. The van der Waals surface area contributed by atoms with Gasteiger partial charge in [0.2, 0.25) is 0 Å². The van der Waals surface area contributed by atoms with E-state index in [1.54, 1.807) is 10.8 Å². The third-order valence-electron chi connectivity index (χ3n) is 6.10. The average Bonchev–Trinajstić information content (AvgIpc) is 3.26. The Balaban J connectivity index is 1.46. The topological polar surface area (TPSA) is 41.5 Å². The molecule has 5 rings (SSSR count). The molecular formula is C24H21ClF3N4O+. The highest BCUT2D eigenvalue weighted by molar-refractivity contribution is 6.30. The molecule has 0 fully saturated rings. The van der Waals surface area contributed by atoms with Crippen molar-refractivity contribution in [2.75, 3.05) is 6.54 Å². The van der Waals surface area contributed by atoms with E-state index in [9.17, 15) is 18.0 Å². The van der Waals surface area contributed by atoms with Crippen molar-refractivity contribution >= 4 is 23.8 Å². The van der Waals surface area contributed by atoms with Gasteiger partial charge in [-0.2, -0.15) is 17.7 Å². The zero-order valence-electron chi connectivity index (χ0n) is 17.6. The fourth-order valence-corrected chi connectivity index (χ4v) is 4.72. The first-order valence-corrected chi connectivity index (χ1v) is 11.0. The molecule has 2 aliphatic rings. The molecule has 0 aliphatic carbocycles. The number of aliphatic imine (C=N–C) groups is 1. The summed E-state index contributed by atoms with van der Waals surface area (Å²) in [7, 11) is 0.